The molecule has 0 aliphatic carbocycles. The number of hydrogen-bond acceptors (Lipinski definition) is 3. The number of aromatic nitrogens is 2. The highest BCUT2D eigenvalue weighted by atomic mass is 79.9. The molecular formula is C15H20BrN3O. The average Bonchev–Trinajstić information content (AvgIpc) is 2.85. The Morgan fingerprint density at radius 3 is 2.75 bits per heavy atom. The van der Waals surface area contributed by atoms with Crippen molar-refractivity contribution in [2.45, 2.75) is 40.0 Å². The van der Waals surface area contributed by atoms with Crippen molar-refractivity contribution in [2.24, 2.45) is 5.73 Å². The quantitative estimate of drug-likeness (QED) is 0.907. The third-order valence-corrected chi connectivity index (χ3v) is 3.55. The molecule has 2 aromatic rings. The maximum Gasteiger partial charge on any atom is 0.132 e. The highest BCUT2D eigenvalue weighted by Crippen LogP contribution is 2.28. The molecule has 2 N–H and O–H groups in total. The Balaban J connectivity index is 2.14. The van der Waals surface area contributed by atoms with Crippen molar-refractivity contribution in [3.8, 4) is 5.75 Å². The number of benzene rings is 1. The summed E-state index contributed by atoms with van der Waals surface area (Å²) in [5.41, 5.74) is 8.77. The van der Waals surface area contributed by atoms with Crippen LogP contribution in [-0.4, -0.2) is 9.78 Å². The van der Waals surface area contributed by atoms with E-state index in [4.69, 9.17) is 10.5 Å². The van der Waals surface area contributed by atoms with Gasteiger partial charge in [-0.1, -0.05) is 15.9 Å². The molecule has 108 valence electrons. The van der Waals surface area contributed by atoms with Crippen LogP contribution in [0.2, 0.25) is 0 Å². The van der Waals surface area contributed by atoms with Crippen LogP contribution < -0.4 is 10.5 Å². The summed E-state index contributed by atoms with van der Waals surface area (Å²) in [5, 5.41) is 4.48. The van der Waals surface area contributed by atoms with E-state index in [0.29, 0.717) is 19.2 Å². The third-order valence-electron chi connectivity index (χ3n) is 3.09. The van der Waals surface area contributed by atoms with Crippen LogP contribution in [0.15, 0.2) is 28.9 Å². The number of hydrogen-bond donors (Lipinski definition) is 1. The molecule has 20 heavy (non-hydrogen) atoms. The summed E-state index contributed by atoms with van der Waals surface area (Å²) < 4.78 is 8.86. The molecule has 0 bridgehead atoms. The fourth-order valence-corrected chi connectivity index (χ4v) is 2.67. The Kier molecular flexibility index (Phi) is 4.83. The maximum absolute atomic E-state index is 5.92. The molecule has 2 rings (SSSR count). The van der Waals surface area contributed by atoms with E-state index in [2.05, 4.69) is 34.9 Å². The van der Waals surface area contributed by atoms with Gasteiger partial charge in [-0.25, -0.2) is 0 Å². The molecule has 0 saturated heterocycles. The van der Waals surface area contributed by atoms with Gasteiger partial charge in [0.2, 0.25) is 0 Å². The first kappa shape index (κ1) is 15.1. The second kappa shape index (κ2) is 6.41. The van der Waals surface area contributed by atoms with Gasteiger partial charge in [0.05, 0.1) is 5.69 Å². The molecular weight excluding hydrogens is 318 g/mol. The second-order valence-electron chi connectivity index (χ2n) is 5.08. The topological polar surface area (TPSA) is 53.1 Å². The molecule has 0 atom stereocenters. The van der Waals surface area contributed by atoms with Crippen LogP contribution in [0.25, 0.3) is 0 Å². The lowest BCUT2D eigenvalue weighted by Crippen LogP contribution is -2.06. The van der Waals surface area contributed by atoms with Crippen molar-refractivity contribution in [1.29, 1.82) is 0 Å². The Labute approximate surface area is 128 Å². The van der Waals surface area contributed by atoms with Gasteiger partial charge in [0.1, 0.15) is 12.4 Å². The number of nitrogens with two attached hydrogens (primary N) is 1. The predicted octanol–water partition coefficient (Wildman–Crippen LogP) is 3.57. The first-order valence-electron chi connectivity index (χ1n) is 6.67. The van der Waals surface area contributed by atoms with Gasteiger partial charge in [-0.2, -0.15) is 5.10 Å². The van der Waals surface area contributed by atoms with Crippen LogP contribution in [0.3, 0.4) is 0 Å². The second-order valence-corrected chi connectivity index (χ2v) is 6.00. The predicted molar refractivity (Wildman–Crippen MR) is 83.7 cm³/mol. The summed E-state index contributed by atoms with van der Waals surface area (Å²) in [5.74, 6) is 0.856. The molecule has 0 amide bonds. The number of halogens is 1. The molecule has 1 aromatic heterocycles. The third kappa shape index (κ3) is 3.41. The fourth-order valence-electron chi connectivity index (χ4n) is 2.05. The smallest absolute Gasteiger partial charge is 0.132 e. The SMILES string of the molecule is Cc1cc(Br)cc(CN)c1OCc1ccn(C(C)C)n1. The largest absolute Gasteiger partial charge is 0.487 e. The number of ether oxygens (including phenoxy) is 1. The summed E-state index contributed by atoms with van der Waals surface area (Å²) in [6.45, 7) is 7.13. The number of rotatable bonds is 5. The molecule has 1 heterocycles. The molecule has 0 aliphatic rings. The van der Waals surface area contributed by atoms with E-state index in [1.807, 2.05) is 36.0 Å². The fraction of sp³-hybridized carbons (Fsp3) is 0.400. The molecule has 0 radical (unpaired) electrons. The Hall–Kier alpha value is -1.33. The van der Waals surface area contributed by atoms with Gasteiger partial charge in [-0.15, -0.1) is 0 Å². The van der Waals surface area contributed by atoms with E-state index in [-0.39, 0.29) is 0 Å². The summed E-state index contributed by atoms with van der Waals surface area (Å²) >= 11 is 3.48. The lowest BCUT2D eigenvalue weighted by Gasteiger charge is -2.13. The van der Waals surface area contributed by atoms with Gasteiger partial charge in [0.25, 0.3) is 0 Å². The lowest BCUT2D eigenvalue weighted by molar-refractivity contribution is 0.293. The summed E-state index contributed by atoms with van der Waals surface area (Å²) in [7, 11) is 0. The highest BCUT2D eigenvalue weighted by Gasteiger charge is 2.09. The molecule has 0 aliphatic heterocycles. The minimum atomic E-state index is 0.359. The Morgan fingerprint density at radius 2 is 2.15 bits per heavy atom. The molecule has 0 fully saturated rings. The lowest BCUT2D eigenvalue weighted by atomic mass is 10.1. The van der Waals surface area contributed by atoms with Crippen molar-refractivity contribution in [2.75, 3.05) is 0 Å². The Bertz CT molecular complexity index is 593. The monoisotopic (exact) mass is 337 g/mol. The zero-order chi connectivity index (χ0) is 14.7. The highest BCUT2D eigenvalue weighted by molar-refractivity contribution is 9.10. The zero-order valence-electron chi connectivity index (χ0n) is 12.1. The van der Waals surface area contributed by atoms with Crippen LogP contribution in [0, 0.1) is 6.92 Å². The first-order chi connectivity index (χ1) is 9.51. The minimum Gasteiger partial charge on any atom is -0.487 e. The van der Waals surface area contributed by atoms with E-state index >= 15 is 0 Å². The van der Waals surface area contributed by atoms with Crippen molar-refractivity contribution < 1.29 is 4.74 Å². The van der Waals surface area contributed by atoms with Crippen LogP contribution in [0.4, 0.5) is 0 Å². The average molecular weight is 338 g/mol. The molecule has 0 unspecified atom stereocenters. The van der Waals surface area contributed by atoms with Gasteiger partial charge >= 0.3 is 0 Å². The van der Waals surface area contributed by atoms with Crippen molar-refractivity contribution in [3.63, 3.8) is 0 Å². The van der Waals surface area contributed by atoms with Crippen molar-refractivity contribution in [1.82, 2.24) is 9.78 Å². The van der Waals surface area contributed by atoms with E-state index in [1.165, 1.54) is 0 Å². The van der Waals surface area contributed by atoms with E-state index < -0.39 is 0 Å². The molecule has 4 nitrogen and oxygen atoms in total. The first-order valence-corrected chi connectivity index (χ1v) is 7.46. The Morgan fingerprint density at radius 1 is 1.40 bits per heavy atom. The normalized spacial score (nSPS) is 11.1. The zero-order valence-corrected chi connectivity index (χ0v) is 13.6. The van der Waals surface area contributed by atoms with Gasteiger partial charge in [0, 0.05) is 28.8 Å². The summed E-state index contributed by atoms with van der Waals surface area (Å²) in [4.78, 5) is 0. The standard InChI is InChI=1S/C15H20BrN3O/c1-10(2)19-5-4-14(18-19)9-20-15-11(3)6-13(16)7-12(15)8-17/h4-7,10H,8-9,17H2,1-3H3. The molecule has 0 saturated carbocycles. The molecule has 0 spiro atoms. The van der Waals surface area contributed by atoms with Crippen molar-refractivity contribution in [3.05, 3.63) is 45.7 Å². The van der Waals surface area contributed by atoms with Crippen LogP contribution >= 0.6 is 15.9 Å². The maximum atomic E-state index is 5.92. The summed E-state index contributed by atoms with van der Waals surface area (Å²) in [6, 6.07) is 6.37. The minimum absolute atomic E-state index is 0.359. The van der Waals surface area contributed by atoms with Crippen LogP contribution in [0.1, 0.15) is 36.7 Å². The summed E-state index contributed by atoms with van der Waals surface area (Å²) in [6.07, 6.45) is 1.97. The molecule has 1 aromatic carbocycles. The van der Waals surface area contributed by atoms with Crippen molar-refractivity contribution >= 4 is 15.9 Å². The molecule has 5 heteroatoms. The van der Waals surface area contributed by atoms with Gasteiger partial charge in [-0.3, -0.25) is 4.68 Å². The van der Waals surface area contributed by atoms with Gasteiger partial charge < -0.3 is 10.5 Å². The van der Waals surface area contributed by atoms with Crippen LogP contribution in [-0.2, 0) is 13.2 Å². The van der Waals surface area contributed by atoms with Gasteiger partial charge in [0.15, 0.2) is 0 Å². The van der Waals surface area contributed by atoms with E-state index in [1.54, 1.807) is 0 Å². The van der Waals surface area contributed by atoms with E-state index in [9.17, 15) is 0 Å². The number of nitrogens with zero attached hydrogens (tertiary/aromatic N) is 2. The van der Waals surface area contributed by atoms with Crippen LogP contribution in [0.5, 0.6) is 5.75 Å². The van der Waals surface area contributed by atoms with E-state index in [0.717, 1.165) is 27.0 Å². The number of aryl methyl sites for hydroxylation is 1. The van der Waals surface area contributed by atoms with Gasteiger partial charge in [-0.05, 0) is 44.5 Å².